The number of nitrogens with one attached hydrogen (secondary N) is 3. The first kappa shape index (κ1) is 17.5. The van der Waals surface area contributed by atoms with E-state index in [1.54, 1.807) is 12.1 Å². The van der Waals surface area contributed by atoms with E-state index in [0.717, 1.165) is 29.8 Å². The SMILES string of the molecule is O=C1CCC(N2C(=O)c3cccc(CN[C@@H]4C[C@@H]5NCC[C@@H]54)c3C2=O)C(=O)N1. The van der Waals surface area contributed by atoms with Crippen molar-refractivity contribution in [3.8, 4) is 0 Å². The van der Waals surface area contributed by atoms with Crippen molar-refractivity contribution in [1.29, 1.82) is 0 Å². The molecule has 3 N–H and O–H groups in total. The molecule has 0 bridgehead atoms. The van der Waals surface area contributed by atoms with E-state index < -0.39 is 23.8 Å². The van der Waals surface area contributed by atoms with E-state index in [-0.39, 0.29) is 18.7 Å². The van der Waals surface area contributed by atoms with Crippen LogP contribution in [-0.4, -0.2) is 53.2 Å². The molecule has 2 saturated heterocycles. The second-order valence-corrected chi connectivity index (χ2v) is 8.02. The van der Waals surface area contributed by atoms with Crippen LogP contribution < -0.4 is 16.0 Å². The first-order chi connectivity index (χ1) is 13.5. The third-order valence-corrected chi connectivity index (χ3v) is 6.53. The molecule has 8 heteroatoms. The van der Waals surface area contributed by atoms with Crippen molar-refractivity contribution in [3.63, 3.8) is 0 Å². The molecule has 4 aliphatic rings. The fourth-order valence-corrected chi connectivity index (χ4v) is 4.99. The summed E-state index contributed by atoms with van der Waals surface area (Å²) < 4.78 is 0. The zero-order valence-electron chi connectivity index (χ0n) is 15.4. The molecule has 28 heavy (non-hydrogen) atoms. The van der Waals surface area contributed by atoms with Gasteiger partial charge in [-0.3, -0.25) is 29.4 Å². The molecule has 3 aliphatic heterocycles. The standard InChI is InChI=1S/C20H22N4O4/c25-16-5-4-15(18(26)23-16)24-19(27)12-3-1-2-10(17(12)20(24)28)9-22-14-8-13-11(14)6-7-21-13/h1-3,11,13-15,21-22H,4-9H2,(H,23,25,26)/t11-,13-,14+,15?/m0/s1. The van der Waals surface area contributed by atoms with Gasteiger partial charge in [-0.2, -0.15) is 0 Å². The van der Waals surface area contributed by atoms with Gasteiger partial charge >= 0.3 is 0 Å². The second kappa shape index (κ2) is 6.49. The van der Waals surface area contributed by atoms with E-state index in [2.05, 4.69) is 16.0 Å². The van der Waals surface area contributed by atoms with Gasteiger partial charge < -0.3 is 10.6 Å². The zero-order chi connectivity index (χ0) is 19.4. The number of carbonyl (C=O) groups excluding carboxylic acids is 4. The van der Waals surface area contributed by atoms with Crippen LogP contribution in [0.1, 0.15) is 52.0 Å². The molecule has 4 atom stereocenters. The molecule has 1 aromatic rings. The first-order valence-corrected chi connectivity index (χ1v) is 9.85. The van der Waals surface area contributed by atoms with Gasteiger partial charge in [-0.05, 0) is 43.4 Å². The molecule has 0 aromatic heterocycles. The maximum Gasteiger partial charge on any atom is 0.262 e. The molecule has 4 amide bonds. The lowest BCUT2D eigenvalue weighted by molar-refractivity contribution is -0.136. The average Bonchev–Trinajstić information content (AvgIpc) is 3.15. The molecular weight excluding hydrogens is 360 g/mol. The highest BCUT2D eigenvalue weighted by molar-refractivity contribution is 6.24. The van der Waals surface area contributed by atoms with Crippen LogP contribution in [0.5, 0.6) is 0 Å². The van der Waals surface area contributed by atoms with Gasteiger partial charge in [0.2, 0.25) is 11.8 Å². The molecule has 0 spiro atoms. The van der Waals surface area contributed by atoms with Gasteiger partial charge in [0, 0.05) is 25.0 Å². The van der Waals surface area contributed by atoms with E-state index in [9.17, 15) is 19.2 Å². The van der Waals surface area contributed by atoms with Gasteiger partial charge in [0.05, 0.1) is 11.1 Å². The van der Waals surface area contributed by atoms with Crippen molar-refractivity contribution in [2.45, 2.75) is 50.4 Å². The summed E-state index contributed by atoms with van der Waals surface area (Å²) in [5.41, 5.74) is 1.49. The van der Waals surface area contributed by atoms with Gasteiger partial charge in [0.15, 0.2) is 0 Å². The van der Waals surface area contributed by atoms with E-state index in [1.165, 1.54) is 0 Å². The third kappa shape index (κ3) is 2.59. The van der Waals surface area contributed by atoms with Crippen LogP contribution in [0.3, 0.4) is 0 Å². The van der Waals surface area contributed by atoms with E-state index in [4.69, 9.17) is 0 Å². The smallest absolute Gasteiger partial charge is 0.262 e. The first-order valence-electron chi connectivity index (χ1n) is 9.85. The minimum absolute atomic E-state index is 0.122. The Kier molecular flexibility index (Phi) is 4.06. The summed E-state index contributed by atoms with van der Waals surface area (Å²) in [5, 5.41) is 9.24. The molecule has 3 heterocycles. The van der Waals surface area contributed by atoms with Gasteiger partial charge in [-0.1, -0.05) is 12.1 Å². The van der Waals surface area contributed by atoms with Crippen LogP contribution in [0.4, 0.5) is 0 Å². The van der Waals surface area contributed by atoms with E-state index in [0.29, 0.717) is 35.7 Å². The van der Waals surface area contributed by atoms with Crippen LogP contribution in [0.2, 0.25) is 0 Å². The molecule has 3 fully saturated rings. The predicted molar refractivity (Wildman–Crippen MR) is 98.3 cm³/mol. The lowest BCUT2D eigenvalue weighted by Gasteiger charge is -2.40. The minimum Gasteiger partial charge on any atom is -0.314 e. The number of nitrogens with zero attached hydrogens (tertiary/aromatic N) is 1. The van der Waals surface area contributed by atoms with Crippen molar-refractivity contribution in [1.82, 2.24) is 20.9 Å². The Morgan fingerprint density at radius 1 is 1.11 bits per heavy atom. The Balaban J connectivity index is 1.36. The fourth-order valence-electron chi connectivity index (χ4n) is 4.99. The highest BCUT2D eigenvalue weighted by atomic mass is 16.2. The Bertz CT molecular complexity index is 898. The monoisotopic (exact) mass is 382 g/mol. The molecular formula is C20H22N4O4. The number of hydrogen-bond donors (Lipinski definition) is 3. The van der Waals surface area contributed by atoms with E-state index in [1.807, 2.05) is 6.07 Å². The number of carbonyl (C=O) groups is 4. The minimum atomic E-state index is -0.928. The molecule has 1 aliphatic carbocycles. The highest BCUT2D eigenvalue weighted by Crippen LogP contribution is 2.35. The summed E-state index contributed by atoms with van der Waals surface area (Å²) in [4.78, 5) is 50.5. The van der Waals surface area contributed by atoms with Crippen molar-refractivity contribution in [2.24, 2.45) is 5.92 Å². The Morgan fingerprint density at radius 2 is 1.96 bits per heavy atom. The van der Waals surface area contributed by atoms with Crippen molar-refractivity contribution >= 4 is 23.6 Å². The summed E-state index contributed by atoms with van der Waals surface area (Å²) in [6, 6.07) is 5.36. The molecule has 146 valence electrons. The maximum atomic E-state index is 13.1. The Hall–Kier alpha value is -2.58. The molecule has 1 saturated carbocycles. The summed E-state index contributed by atoms with van der Waals surface area (Å²) in [7, 11) is 0. The molecule has 8 nitrogen and oxygen atoms in total. The van der Waals surface area contributed by atoms with Gasteiger partial charge in [0.25, 0.3) is 11.8 Å². The Morgan fingerprint density at radius 3 is 2.75 bits per heavy atom. The van der Waals surface area contributed by atoms with Crippen LogP contribution in [0.25, 0.3) is 0 Å². The number of rotatable bonds is 4. The number of imide groups is 2. The summed E-state index contributed by atoms with van der Waals surface area (Å²) in [6.07, 6.45) is 2.53. The molecule has 1 unspecified atom stereocenters. The number of piperidine rings is 1. The predicted octanol–water partition coefficient (Wildman–Crippen LogP) is -0.0722. The maximum absolute atomic E-state index is 13.1. The molecule has 0 radical (unpaired) electrons. The van der Waals surface area contributed by atoms with Gasteiger partial charge in [-0.15, -0.1) is 0 Å². The van der Waals surface area contributed by atoms with Crippen LogP contribution in [-0.2, 0) is 16.1 Å². The molecule has 1 aromatic carbocycles. The summed E-state index contributed by atoms with van der Waals surface area (Å²) in [6.45, 7) is 1.57. The number of hydrogen-bond acceptors (Lipinski definition) is 6. The van der Waals surface area contributed by atoms with Crippen molar-refractivity contribution in [2.75, 3.05) is 6.54 Å². The third-order valence-electron chi connectivity index (χ3n) is 6.53. The van der Waals surface area contributed by atoms with Crippen LogP contribution in [0.15, 0.2) is 18.2 Å². The quantitative estimate of drug-likeness (QED) is 0.629. The van der Waals surface area contributed by atoms with Crippen molar-refractivity contribution < 1.29 is 19.2 Å². The number of benzene rings is 1. The fraction of sp³-hybridized carbons (Fsp3) is 0.500. The highest BCUT2D eigenvalue weighted by Gasteiger charge is 2.46. The normalized spacial score (nSPS) is 31.5. The lowest BCUT2D eigenvalue weighted by Crippen LogP contribution is -2.54. The van der Waals surface area contributed by atoms with Crippen molar-refractivity contribution in [3.05, 3.63) is 34.9 Å². The largest absolute Gasteiger partial charge is 0.314 e. The average molecular weight is 382 g/mol. The topological polar surface area (TPSA) is 108 Å². The number of fused-ring (bicyclic) bond motifs is 2. The van der Waals surface area contributed by atoms with Gasteiger partial charge in [-0.25, -0.2) is 0 Å². The van der Waals surface area contributed by atoms with Crippen LogP contribution >= 0.6 is 0 Å². The summed E-state index contributed by atoms with van der Waals surface area (Å²) in [5.74, 6) is -1.22. The lowest BCUT2D eigenvalue weighted by atomic mass is 9.75. The summed E-state index contributed by atoms with van der Waals surface area (Å²) >= 11 is 0. The second-order valence-electron chi connectivity index (χ2n) is 8.02. The van der Waals surface area contributed by atoms with E-state index >= 15 is 0 Å². The molecule has 5 rings (SSSR count). The number of amides is 4. The van der Waals surface area contributed by atoms with Crippen LogP contribution in [0, 0.1) is 5.92 Å². The zero-order valence-corrected chi connectivity index (χ0v) is 15.4. The van der Waals surface area contributed by atoms with Gasteiger partial charge in [0.1, 0.15) is 6.04 Å². The Labute approximate surface area is 162 Å².